The predicted molar refractivity (Wildman–Crippen MR) is 62.2 cm³/mol. The van der Waals surface area contributed by atoms with Crippen LogP contribution in [0.1, 0.15) is 44.9 Å². The van der Waals surface area contributed by atoms with E-state index in [2.05, 4.69) is 0 Å². The second kappa shape index (κ2) is 5.59. The molecule has 0 aromatic rings. The number of halogens is 3. The van der Waals surface area contributed by atoms with Gasteiger partial charge in [-0.2, -0.15) is 13.2 Å². The molecule has 0 N–H and O–H groups in total. The summed E-state index contributed by atoms with van der Waals surface area (Å²) in [6.07, 6.45) is 1.75. The summed E-state index contributed by atoms with van der Waals surface area (Å²) in [5, 5.41) is 0. The summed E-state index contributed by atoms with van der Waals surface area (Å²) in [7, 11) is 0. The van der Waals surface area contributed by atoms with Crippen molar-refractivity contribution in [3.05, 3.63) is 0 Å². The number of carbonyl (C=O) groups is 1. The summed E-state index contributed by atoms with van der Waals surface area (Å²) >= 11 is 0. The Kier molecular flexibility index (Phi) is 4.30. The molecular weight excluding hydrogens is 243 g/mol. The van der Waals surface area contributed by atoms with E-state index in [0.29, 0.717) is 13.0 Å². The molecule has 0 saturated heterocycles. The van der Waals surface area contributed by atoms with Crippen LogP contribution >= 0.6 is 0 Å². The smallest absolute Gasteiger partial charge is 0.299 e. The molecule has 0 aromatic carbocycles. The lowest BCUT2D eigenvalue weighted by molar-refractivity contribution is -0.150. The average molecular weight is 263 g/mol. The molecule has 0 aromatic heterocycles. The molecule has 0 radical (unpaired) electrons. The molecule has 104 valence electrons. The second-order valence-electron chi connectivity index (χ2n) is 5.54. The van der Waals surface area contributed by atoms with Gasteiger partial charge in [0.15, 0.2) is 0 Å². The maximum absolute atomic E-state index is 12.5. The van der Waals surface area contributed by atoms with E-state index in [1.54, 1.807) is 0 Å². The van der Waals surface area contributed by atoms with Crippen molar-refractivity contribution in [2.75, 3.05) is 13.1 Å². The van der Waals surface area contributed by atoms with Gasteiger partial charge in [-0.3, -0.25) is 9.69 Å². The van der Waals surface area contributed by atoms with Crippen LogP contribution < -0.4 is 0 Å². The van der Waals surface area contributed by atoms with Crippen molar-refractivity contribution in [1.82, 2.24) is 4.90 Å². The van der Waals surface area contributed by atoms with E-state index in [9.17, 15) is 18.0 Å². The van der Waals surface area contributed by atoms with Gasteiger partial charge in [0.05, 0.1) is 6.54 Å². The van der Waals surface area contributed by atoms with Gasteiger partial charge < -0.3 is 0 Å². The molecular formula is C13H20F3NO. The first-order valence-corrected chi connectivity index (χ1v) is 6.79. The topological polar surface area (TPSA) is 20.3 Å². The highest BCUT2D eigenvalue weighted by Crippen LogP contribution is 2.32. The van der Waals surface area contributed by atoms with Gasteiger partial charge in [0.1, 0.15) is 5.78 Å². The number of rotatable bonds is 4. The monoisotopic (exact) mass is 263 g/mol. The lowest BCUT2D eigenvalue weighted by Crippen LogP contribution is -2.40. The highest BCUT2D eigenvalue weighted by Gasteiger charge is 2.39. The van der Waals surface area contributed by atoms with Gasteiger partial charge in [0.25, 0.3) is 0 Å². The summed E-state index contributed by atoms with van der Waals surface area (Å²) < 4.78 is 37.5. The molecule has 0 aliphatic heterocycles. The molecule has 0 heterocycles. The van der Waals surface area contributed by atoms with Gasteiger partial charge in [0.2, 0.25) is 0 Å². The first-order chi connectivity index (χ1) is 8.46. The highest BCUT2D eigenvalue weighted by atomic mass is 19.4. The zero-order chi connectivity index (χ0) is 13.2. The minimum absolute atomic E-state index is 0.0580. The summed E-state index contributed by atoms with van der Waals surface area (Å²) in [6, 6.07) is 0.0580. The normalized spacial score (nSPS) is 26.4. The maximum atomic E-state index is 12.5. The number of carbonyl (C=O) groups excluding carboxylic acids is 1. The third kappa shape index (κ3) is 4.26. The molecule has 1 unspecified atom stereocenters. The second-order valence-corrected chi connectivity index (χ2v) is 5.54. The molecule has 2 nitrogen and oxygen atoms in total. The Hall–Kier alpha value is -0.580. The third-order valence-electron chi connectivity index (χ3n) is 3.83. The van der Waals surface area contributed by atoms with Crippen LogP contribution in [0.25, 0.3) is 0 Å². The van der Waals surface area contributed by atoms with E-state index < -0.39 is 12.7 Å². The van der Waals surface area contributed by atoms with Crippen LogP contribution in [0.3, 0.4) is 0 Å². The molecule has 0 bridgehead atoms. The van der Waals surface area contributed by atoms with Crippen LogP contribution in [0.5, 0.6) is 0 Å². The lowest BCUT2D eigenvalue weighted by atomic mass is 9.98. The van der Waals surface area contributed by atoms with Crippen LogP contribution in [0.4, 0.5) is 13.2 Å². The van der Waals surface area contributed by atoms with Crippen molar-refractivity contribution in [3.8, 4) is 0 Å². The molecule has 2 saturated carbocycles. The summed E-state index contributed by atoms with van der Waals surface area (Å²) in [5.41, 5.74) is 0. The van der Waals surface area contributed by atoms with Crippen molar-refractivity contribution in [3.63, 3.8) is 0 Å². The van der Waals surface area contributed by atoms with Crippen molar-refractivity contribution >= 4 is 5.78 Å². The van der Waals surface area contributed by atoms with Crippen molar-refractivity contribution < 1.29 is 18.0 Å². The maximum Gasteiger partial charge on any atom is 0.401 e. The van der Waals surface area contributed by atoms with Crippen molar-refractivity contribution in [1.29, 1.82) is 0 Å². The van der Waals surface area contributed by atoms with Crippen LogP contribution in [-0.2, 0) is 4.79 Å². The standard InChI is InChI=1S/C13H20F3NO/c14-13(15,16)9-17(11-6-7-11)8-10-4-2-1-3-5-12(10)18/h10-11H,1-9H2. The average Bonchev–Trinajstić information content (AvgIpc) is 3.05. The molecule has 0 spiro atoms. The fraction of sp³-hybridized carbons (Fsp3) is 0.923. The van der Waals surface area contributed by atoms with E-state index in [0.717, 1.165) is 38.5 Å². The summed E-state index contributed by atoms with van der Waals surface area (Å²) in [5.74, 6) is -0.00391. The number of hydrogen-bond acceptors (Lipinski definition) is 2. The Morgan fingerprint density at radius 3 is 2.44 bits per heavy atom. The van der Waals surface area contributed by atoms with Gasteiger partial charge in [-0.15, -0.1) is 0 Å². The summed E-state index contributed by atoms with van der Waals surface area (Å²) in [4.78, 5) is 13.3. The zero-order valence-corrected chi connectivity index (χ0v) is 10.5. The number of hydrogen-bond donors (Lipinski definition) is 0. The molecule has 0 amide bonds. The zero-order valence-electron chi connectivity index (χ0n) is 10.5. The number of alkyl halides is 3. The Balaban J connectivity index is 1.92. The van der Waals surface area contributed by atoms with Gasteiger partial charge in [0, 0.05) is 24.9 Å². The number of ketones is 1. The molecule has 2 fully saturated rings. The van der Waals surface area contributed by atoms with E-state index in [-0.39, 0.29) is 17.7 Å². The molecule has 5 heteroatoms. The SMILES string of the molecule is O=C1CCCCCC1CN(CC(F)(F)F)C1CC1. The van der Waals surface area contributed by atoms with Crippen LogP contribution in [0, 0.1) is 5.92 Å². The molecule has 18 heavy (non-hydrogen) atoms. The van der Waals surface area contributed by atoms with Crippen LogP contribution in [-0.4, -0.2) is 36.0 Å². The Bertz CT molecular complexity index is 299. The van der Waals surface area contributed by atoms with Crippen molar-refractivity contribution in [2.45, 2.75) is 57.2 Å². The number of nitrogens with zero attached hydrogens (tertiary/aromatic N) is 1. The first-order valence-electron chi connectivity index (χ1n) is 6.79. The molecule has 2 rings (SSSR count). The predicted octanol–water partition coefficient (Wildman–Crippen LogP) is 3.16. The van der Waals surface area contributed by atoms with E-state index >= 15 is 0 Å². The van der Waals surface area contributed by atoms with Crippen LogP contribution in [0.2, 0.25) is 0 Å². The van der Waals surface area contributed by atoms with Crippen LogP contribution in [0.15, 0.2) is 0 Å². The molecule has 1 atom stereocenters. The fourth-order valence-corrected chi connectivity index (χ4v) is 2.72. The summed E-state index contributed by atoms with van der Waals surface area (Å²) in [6.45, 7) is -0.551. The van der Waals surface area contributed by atoms with Gasteiger partial charge >= 0.3 is 6.18 Å². The van der Waals surface area contributed by atoms with Crippen molar-refractivity contribution in [2.24, 2.45) is 5.92 Å². The largest absolute Gasteiger partial charge is 0.401 e. The molecule has 2 aliphatic carbocycles. The Morgan fingerprint density at radius 1 is 1.11 bits per heavy atom. The Labute approximate surface area is 106 Å². The van der Waals surface area contributed by atoms with E-state index in [4.69, 9.17) is 0 Å². The van der Waals surface area contributed by atoms with Gasteiger partial charge in [-0.1, -0.05) is 12.8 Å². The van der Waals surface area contributed by atoms with E-state index in [1.165, 1.54) is 4.90 Å². The third-order valence-corrected chi connectivity index (χ3v) is 3.83. The fourth-order valence-electron chi connectivity index (χ4n) is 2.72. The minimum Gasteiger partial charge on any atom is -0.299 e. The highest BCUT2D eigenvalue weighted by molar-refractivity contribution is 5.81. The Morgan fingerprint density at radius 2 is 1.83 bits per heavy atom. The minimum atomic E-state index is -4.16. The van der Waals surface area contributed by atoms with E-state index in [1.807, 2.05) is 0 Å². The lowest BCUT2D eigenvalue weighted by Gasteiger charge is -2.27. The van der Waals surface area contributed by atoms with Gasteiger partial charge in [-0.25, -0.2) is 0 Å². The van der Waals surface area contributed by atoms with Gasteiger partial charge in [-0.05, 0) is 25.7 Å². The first kappa shape index (κ1) is 13.8. The molecule has 2 aliphatic rings. The number of Topliss-reactive ketones (excluding diaryl/α,β-unsaturated/α-hetero) is 1. The quantitative estimate of drug-likeness (QED) is 0.726.